The minimum Gasteiger partial charge on any atom is -0.450 e. The summed E-state index contributed by atoms with van der Waals surface area (Å²) in [7, 11) is 0. The smallest absolute Gasteiger partial charge is 0.329 e. The molecule has 3 amide bonds. The zero-order chi connectivity index (χ0) is 19.5. The molecule has 1 N–H and O–H groups in total. The van der Waals surface area contributed by atoms with E-state index in [1.807, 2.05) is 67.6 Å². The molecule has 0 aliphatic carbocycles. The predicted octanol–water partition coefficient (Wildman–Crippen LogP) is 4.83. The van der Waals surface area contributed by atoms with Gasteiger partial charge in [-0.1, -0.05) is 59.8 Å². The lowest BCUT2D eigenvalue weighted by Gasteiger charge is -2.12. The van der Waals surface area contributed by atoms with Crippen LogP contribution in [-0.2, 0) is 11.3 Å². The van der Waals surface area contributed by atoms with Gasteiger partial charge in [0, 0.05) is 11.0 Å². The van der Waals surface area contributed by atoms with Crippen LogP contribution in [0.1, 0.15) is 16.9 Å². The number of nitrogens with one attached hydrogen (secondary N) is 1. The van der Waals surface area contributed by atoms with Crippen molar-refractivity contribution < 1.29 is 14.0 Å². The Morgan fingerprint density at radius 1 is 1.04 bits per heavy atom. The number of carbonyl (C=O) groups is 2. The first-order valence-electron chi connectivity index (χ1n) is 8.81. The van der Waals surface area contributed by atoms with Crippen molar-refractivity contribution in [2.24, 2.45) is 0 Å². The molecule has 1 aliphatic heterocycles. The number of amides is 3. The van der Waals surface area contributed by atoms with Gasteiger partial charge in [-0.15, -0.1) is 0 Å². The second kappa shape index (κ2) is 7.78. The van der Waals surface area contributed by atoms with Gasteiger partial charge in [-0.25, -0.2) is 4.79 Å². The van der Waals surface area contributed by atoms with Gasteiger partial charge in [-0.05, 0) is 36.8 Å². The quantitative estimate of drug-likeness (QED) is 0.501. The minimum atomic E-state index is -0.428. The third-order valence-electron chi connectivity index (χ3n) is 4.24. The molecule has 0 radical (unpaired) electrons. The molecule has 1 fully saturated rings. The lowest BCUT2D eigenvalue weighted by atomic mass is 10.1. The molecule has 5 nitrogen and oxygen atoms in total. The Morgan fingerprint density at radius 3 is 2.64 bits per heavy atom. The highest BCUT2D eigenvalue weighted by atomic mass is 32.2. The van der Waals surface area contributed by atoms with E-state index in [0.29, 0.717) is 10.9 Å². The summed E-state index contributed by atoms with van der Waals surface area (Å²) in [5.41, 5.74) is 2.20. The first kappa shape index (κ1) is 18.1. The fourth-order valence-corrected chi connectivity index (χ4v) is 3.72. The van der Waals surface area contributed by atoms with E-state index < -0.39 is 6.03 Å². The molecule has 0 saturated carbocycles. The summed E-state index contributed by atoms with van der Waals surface area (Å²) in [6.07, 6.45) is 1.56. The molecule has 0 spiro atoms. The van der Waals surface area contributed by atoms with Crippen molar-refractivity contribution >= 4 is 29.8 Å². The molecule has 1 saturated heterocycles. The van der Waals surface area contributed by atoms with Crippen molar-refractivity contribution in [1.29, 1.82) is 0 Å². The summed E-state index contributed by atoms with van der Waals surface area (Å²) in [6, 6.07) is 20.8. The average Bonchev–Trinajstić information content (AvgIpc) is 3.22. The van der Waals surface area contributed by atoms with E-state index in [0.717, 1.165) is 16.0 Å². The largest absolute Gasteiger partial charge is 0.450 e. The van der Waals surface area contributed by atoms with Gasteiger partial charge < -0.3 is 9.73 Å². The summed E-state index contributed by atoms with van der Waals surface area (Å²) in [5, 5.41) is 3.34. The summed E-state index contributed by atoms with van der Waals surface area (Å²) >= 11 is 1.49. The van der Waals surface area contributed by atoms with Gasteiger partial charge in [0.25, 0.3) is 5.91 Å². The molecule has 28 heavy (non-hydrogen) atoms. The molecule has 0 bridgehead atoms. The van der Waals surface area contributed by atoms with Crippen LogP contribution < -0.4 is 5.32 Å². The molecule has 1 aromatic heterocycles. The van der Waals surface area contributed by atoms with Gasteiger partial charge in [0.1, 0.15) is 11.5 Å². The van der Waals surface area contributed by atoms with Crippen LogP contribution in [0.25, 0.3) is 6.08 Å². The molecule has 0 atom stereocenters. The number of hydrogen-bond acceptors (Lipinski definition) is 4. The molecule has 2 heterocycles. The van der Waals surface area contributed by atoms with E-state index in [9.17, 15) is 9.59 Å². The summed E-state index contributed by atoms with van der Waals surface area (Å²) in [4.78, 5) is 27.1. The first-order chi connectivity index (χ1) is 13.6. The fourth-order valence-electron chi connectivity index (χ4n) is 2.92. The molecule has 1 aliphatic rings. The molecule has 4 rings (SSSR count). The SMILES string of the molecule is Cc1cccc(CN2C(=O)N/C(=C/c3ccc(Sc4ccccc4)o3)C2=O)c1. The number of aryl methyl sites for hydroxylation is 1. The number of carbonyl (C=O) groups excluding carboxylic acids is 2. The maximum Gasteiger partial charge on any atom is 0.329 e. The monoisotopic (exact) mass is 390 g/mol. The zero-order valence-corrected chi connectivity index (χ0v) is 16.0. The van der Waals surface area contributed by atoms with Crippen LogP contribution in [0.5, 0.6) is 0 Å². The predicted molar refractivity (Wildman–Crippen MR) is 108 cm³/mol. The third-order valence-corrected chi connectivity index (χ3v) is 5.16. The van der Waals surface area contributed by atoms with Crippen LogP contribution >= 0.6 is 11.8 Å². The summed E-state index contributed by atoms with van der Waals surface area (Å²) in [5.74, 6) is 0.152. The molecule has 0 unspecified atom stereocenters. The number of imide groups is 1. The number of furan rings is 1. The molecule has 3 aromatic rings. The van der Waals surface area contributed by atoms with Crippen LogP contribution in [0.15, 0.2) is 86.8 Å². The summed E-state index contributed by atoms with van der Waals surface area (Å²) in [6.45, 7) is 2.21. The number of nitrogens with zero attached hydrogens (tertiary/aromatic N) is 1. The Bertz CT molecular complexity index is 1060. The van der Waals surface area contributed by atoms with Crippen LogP contribution in [0.4, 0.5) is 4.79 Å². The highest BCUT2D eigenvalue weighted by Gasteiger charge is 2.33. The topological polar surface area (TPSA) is 62.6 Å². The van der Waals surface area contributed by atoms with Crippen molar-refractivity contribution in [3.8, 4) is 0 Å². The fraction of sp³-hybridized carbons (Fsp3) is 0.0909. The van der Waals surface area contributed by atoms with Gasteiger partial charge in [0.2, 0.25) is 0 Å². The second-order valence-corrected chi connectivity index (χ2v) is 7.52. The minimum absolute atomic E-state index is 0.211. The van der Waals surface area contributed by atoms with Gasteiger partial charge in [0.15, 0.2) is 5.09 Å². The van der Waals surface area contributed by atoms with Crippen molar-refractivity contribution in [1.82, 2.24) is 10.2 Å². The summed E-state index contributed by atoms with van der Waals surface area (Å²) < 4.78 is 5.77. The maximum atomic E-state index is 12.6. The van der Waals surface area contributed by atoms with E-state index in [4.69, 9.17) is 4.42 Å². The molecule has 2 aromatic carbocycles. The highest BCUT2D eigenvalue weighted by Crippen LogP contribution is 2.29. The Kier molecular flexibility index (Phi) is 5.04. The van der Waals surface area contributed by atoms with Gasteiger partial charge in [-0.3, -0.25) is 9.69 Å². The van der Waals surface area contributed by atoms with E-state index in [1.165, 1.54) is 16.7 Å². The molecule has 140 valence electrons. The number of benzene rings is 2. The zero-order valence-electron chi connectivity index (χ0n) is 15.2. The Balaban J connectivity index is 1.48. The van der Waals surface area contributed by atoms with Crippen LogP contribution in [-0.4, -0.2) is 16.8 Å². The van der Waals surface area contributed by atoms with Crippen molar-refractivity contribution in [2.45, 2.75) is 23.5 Å². The lowest BCUT2D eigenvalue weighted by molar-refractivity contribution is -0.123. The first-order valence-corrected chi connectivity index (χ1v) is 9.63. The number of hydrogen-bond donors (Lipinski definition) is 1. The number of rotatable bonds is 5. The van der Waals surface area contributed by atoms with Crippen LogP contribution in [0, 0.1) is 6.92 Å². The normalized spacial score (nSPS) is 15.3. The van der Waals surface area contributed by atoms with E-state index in [-0.39, 0.29) is 18.1 Å². The van der Waals surface area contributed by atoms with Crippen molar-refractivity contribution in [2.75, 3.05) is 0 Å². The standard InChI is InChI=1S/C22H18N2O3S/c1-15-6-5-7-16(12-15)14-24-21(25)19(23-22(24)26)13-17-10-11-20(27-17)28-18-8-3-2-4-9-18/h2-13H,14H2,1H3,(H,23,26)/b19-13+. The van der Waals surface area contributed by atoms with Gasteiger partial charge in [-0.2, -0.15) is 0 Å². The van der Waals surface area contributed by atoms with Gasteiger partial charge in [0.05, 0.1) is 6.54 Å². The van der Waals surface area contributed by atoms with Gasteiger partial charge >= 0.3 is 6.03 Å². The molecule has 6 heteroatoms. The van der Waals surface area contributed by atoms with Crippen LogP contribution in [0.3, 0.4) is 0 Å². The molecular weight excluding hydrogens is 372 g/mol. The Morgan fingerprint density at radius 2 is 1.86 bits per heavy atom. The van der Waals surface area contributed by atoms with E-state index >= 15 is 0 Å². The van der Waals surface area contributed by atoms with Crippen molar-refractivity contribution in [3.05, 3.63) is 89.3 Å². The lowest BCUT2D eigenvalue weighted by Crippen LogP contribution is -2.30. The van der Waals surface area contributed by atoms with Crippen LogP contribution in [0.2, 0.25) is 0 Å². The van der Waals surface area contributed by atoms with E-state index in [1.54, 1.807) is 12.1 Å². The highest BCUT2D eigenvalue weighted by molar-refractivity contribution is 7.99. The van der Waals surface area contributed by atoms with E-state index in [2.05, 4.69) is 5.32 Å². The van der Waals surface area contributed by atoms with Crippen molar-refractivity contribution in [3.63, 3.8) is 0 Å². The molecular formula is C22H18N2O3S. The third kappa shape index (κ3) is 4.02. The Labute approximate surface area is 167 Å². The maximum absolute atomic E-state index is 12.6. The average molecular weight is 390 g/mol. The Hall–Kier alpha value is -3.25. The number of urea groups is 1. The second-order valence-electron chi connectivity index (χ2n) is 6.44.